The number of anilines is 1. The Bertz CT molecular complexity index is 1200. The van der Waals surface area contributed by atoms with Crippen LogP contribution in [0.5, 0.6) is 11.5 Å². The van der Waals surface area contributed by atoms with Gasteiger partial charge >= 0.3 is 0 Å². The Hall–Kier alpha value is -3.87. The maximum Gasteiger partial charge on any atom is 0.230 e. The third kappa shape index (κ3) is 3.69. The number of aromatic nitrogens is 3. The summed E-state index contributed by atoms with van der Waals surface area (Å²) in [5, 5.41) is 11.0. The van der Waals surface area contributed by atoms with Gasteiger partial charge in [0.2, 0.25) is 5.91 Å². The summed E-state index contributed by atoms with van der Waals surface area (Å²) in [6.07, 6.45) is 4.58. The molecule has 1 aliphatic rings. The second kappa shape index (κ2) is 7.87. The summed E-state index contributed by atoms with van der Waals surface area (Å²) in [6.45, 7) is 1.25. The molecule has 0 unspecified atom stereocenters. The minimum Gasteiger partial charge on any atom is -0.490 e. The van der Waals surface area contributed by atoms with Gasteiger partial charge in [-0.15, -0.1) is 0 Å². The fourth-order valence-corrected chi connectivity index (χ4v) is 3.51. The van der Waals surface area contributed by atoms with Crippen molar-refractivity contribution >= 4 is 22.6 Å². The number of pyridine rings is 1. The number of hydrogen-bond acceptors (Lipinski definition) is 5. The molecule has 1 aliphatic heterocycles. The molecule has 0 atom stereocenters. The van der Waals surface area contributed by atoms with E-state index in [0.717, 1.165) is 39.8 Å². The van der Waals surface area contributed by atoms with E-state index in [1.807, 2.05) is 48.5 Å². The van der Waals surface area contributed by atoms with Crippen LogP contribution in [0.15, 0.2) is 60.9 Å². The van der Waals surface area contributed by atoms with Crippen LogP contribution in [0, 0.1) is 0 Å². The van der Waals surface area contributed by atoms with E-state index in [9.17, 15) is 4.79 Å². The lowest BCUT2D eigenvalue weighted by Crippen LogP contribution is -2.15. The summed E-state index contributed by atoms with van der Waals surface area (Å²) in [5.41, 5.74) is 3.80. The molecule has 0 bridgehead atoms. The van der Waals surface area contributed by atoms with Crippen LogP contribution in [-0.4, -0.2) is 34.3 Å². The number of nitrogens with one attached hydrogen (secondary N) is 2. The monoisotopic (exact) mass is 400 g/mol. The molecule has 2 N–H and O–H groups in total. The van der Waals surface area contributed by atoms with Crippen LogP contribution >= 0.6 is 0 Å². The van der Waals surface area contributed by atoms with E-state index in [2.05, 4.69) is 20.5 Å². The van der Waals surface area contributed by atoms with Gasteiger partial charge in [0.1, 0.15) is 0 Å². The summed E-state index contributed by atoms with van der Waals surface area (Å²) in [5.74, 6) is 1.77. The lowest BCUT2D eigenvalue weighted by atomic mass is 10.1. The van der Waals surface area contributed by atoms with Crippen LogP contribution < -0.4 is 14.8 Å². The molecule has 4 aromatic rings. The number of carbonyl (C=O) groups excluding carboxylic acids is 1. The summed E-state index contributed by atoms with van der Waals surface area (Å²) in [4.78, 5) is 16.7. The molecule has 1 amide bonds. The van der Waals surface area contributed by atoms with Crippen molar-refractivity contribution in [1.82, 2.24) is 15.2 Å². The summed E-state index contributed by atoms with van der Waals surface area (Å²) in [6, 6.07) is 15.5. The number of aromatic amines is 1. The van der Waals surface area contributed by atoms with Gasteiger partial charge in [0.05, 0.1) is 25.2 Å². The van der Waals surface area contributed by atoms with Crippen molar-refractivity contribution in [2.75, 3.05) is 18.5 Å². The van der Waals surface area contributed by atoms with Gasteiger partial charge < -0.3 is 14.8 Å². The number of H-pyrrole nitrogens is 1. The van der Waals surface area contributed by atoms with Gasteiger partial charge in [0.15, 0.2) is 17.3 Å². The van der Waals surface area contributed by atoms with Crippen LogP contribution in [-0.2, 0) is 11.2 Å². The Morgan fingerprint density at radius 3 is 2.67 bits per heavy atom. The minimum atomic E-state index is -0.146. The molecular formula is C23H20N4O3. The zero-order chi connectivity index (χ0) is 20.3. The Morgan fingerprint density at radius 1 is 0.967 bits per heavy atom. The van der Waals surface area contributed by atoms with Crippen LogP contribution in [0.3, 0.4) is 0 Å². The maximum absolute atomic E-state index is 12.7. The molecule has 7 nitrogen and oxygen atoms in total. The average Bonchev–Trinajstić information content (AvgIpc) is 3.01. The van der Waals surface area contributed by atoms with Crippen LogP contribution in [0.25, 0.3) is 22.0 Å². The highest BCUT2D eigenvalue weighted by atomic mass is 16.5. The van der Waals surface area contributed by atoms with Gasteiger partial charge in [-0.25, -0.2) is 0 Å². The molecule has 2 aromatic carbocycles. The van der Waals surface area contributed by atoms with Crippen molar-refractivity contribution in [2.24, 2.45) is 0 Å². The predicted molar refractivity (Wildman–Crippen MR) is 114 cm³/mol. The lowest BCUT2D eigenvalue weighted by Gasteiger charge is -2.09. The molecule has 7 heteroatoms. The number of nitrogens with zero attached hydrogens (tertiary/aromatic N) is 2. The van der Waals surface area contributed by atoms with E-state index in [4.69, 9.17) is 9.47 Å². The highest BCUT2D eigenvalue weighted by Gasteiger charge is 2.14. The van der Waals surface area contributed by atoms with Crippen molar-refractivity contribution in [3.8, 4) is 22.6 Å². The molecule has 3 heterocycles. The van der Waals surface area contributed by atoms with Crippen molar-refractivity contribution in [3.05, 3.63) is 66.5 Å². The van der Waals surface area contributed by atoms with Gasteiger partial charge in [-0.1, -0.05) is 12.1 Å². The third-order valence-electron chi connectivity index (χ3n) is 5.01. The van der Waals surface area contributed by atoms with Crippen molar-refractivity contribution in [2.45, 2.75) is 12.8 Å². The first-order chi connectivity index (χ1) is 14.8. The number of benzene rings is 2. The quantitative estimate of drug-likeness (QED) is 0.541. The molecule has 2 aromatic heterocycles. The van der Waals surface area contributed by atoms with E-state index in [-0.39, 0.29) is 12.3 Å². The molecule has 0 saturated carbocycles. The van der Waals surface area contributed by atoms with E-state index in [1.54, 1.807) is 12.4 Å². The first-order valence-corrected chi connectivity index (χ1v) is 9.83. The van der Waals surface area contributed by atoms with Crippen LogP contribution in [0.4, 0.5) is 5.82 Å². The second-order valence-corrected chi connectivity index (χ2v) is 7.12. The van der Waals surface area contributed by atoms with E-state index < -0.39 is 0 Å². The third-order valence-corrected chi connectivity index (χ3v) is 5.01. The maximum atomic E-state index is 12.7. The van der Waals surface area contributed by atoms with Gasteiger partial charge in [-0.2, -0.15) is 5.10 Å². The largest absolute Gasteiger partial charge is 0.490 e. The molecule has 0 fully saturated rings. The van der Waals surface area contributed by atoms with E-state index >= 15 is 0 Å². The highest BCUT2D eigenvalue weighted by Crippen LogP contribution is 2.31. The molecule has 0 spiro atoms. The second-order valence-electron chi connectivity index (χ2n) is 7.12. The van der Waals surface area contributed by atoms with Crippen LogP contribution in [0.2, 0.25) is 0 Å². The van der Waals surface area contributed by atoms with Gasteiger partial charge in [-0.3, -0.25) is 14.9 Å². The molecule has 5 rings (SSSR count). The summed E-state index contributed by atoms with van der Waals surface area (Å²) in [7, 11) is 0. The van der Waals surface area contributed by atoms with Crippen molar-refractivity contribution in [3.63, 3.8) is 0 Å². The number of hydrogen-bond donors (Lipinski definition) is 2. The first-order valence-electron chi connectivity index (χ1n) is 9.83. The fourth-order valence-electron chi connectivity index (χ4n) is 3.51. The van der Waals surface area contributed by atoms with E-state index in [0.29, 0.717) is 24.8 Å². The van der Waals surface area contributed by atoms with Crippen molar-refractivity contribution in [1.29, 1.82) is 0 Å². The number of fused-ring (bicyclic) bond motifs is 2. The molecule has 0 saturated heterocycles. The lowest BCUT2D eigenvalue weighted by molar-refractivity contribution is -0.115. The van der Waals surface area contributed by atoms with Crippen LogP contribution in [0.1, 0.15) is 12.0 Å². The number of carbonyl (C=O) groups is 1. The predicted octanol–water partition coefficient (Wildman–Crippen LogP) is 3.97. The number of amides is 1. The normalized spacial score (nSPS) is 13.1. The molecule has 150 valence electrons. The van der Waals surface area contributed by atoms with Gasteiger partial charge in [0.25, 0.3) is 0 Å². The topological polar surface area (TPSA) is 89.1 Å². The highest BCUT2D eigenvalue weighted by molar-refractivity contribution is 6.01. The molecule has 0 aliphatic carbocycles. The zero-order valence-corrected chi connectivity index (χ0v) is 16.2. The SMILES string of the molecule is O=C(Cc1ccc2c(c1)OCCCO2)Nc1n[nH]c2ccc(-c3ccncc3)cc12. The number of rotatable bonds is 4. The zero-order valence-electron chi connectivity index (χ0n) is 16.2. The minimum absolute atomic E-state index is 0.146. The Morgan fingerprint density at radius 2 is 1.80 bits per heavy atom. The average molecular weight is 400 g/mol. The molecule has 30 heavy (non-hydrogen) atoms. The standard InChI is InChI=1S/C23H20N4O3/c28-22(13-15-2-5-20-21(12-15)30-11-1-10-29-20)25-23-18-14-17(3-4-19(18)26-27-23)16-6-8-24-9-7-16/h2-9,12,14H,1,10-11,13H2,(H2,25,26,27,28). The van der Waals surface area contributed by atoms with Crippen molar-refractivity contribution < 1.29 is 14.3 Å². The molecular weight excluding hydrogens is 380 g/mol. The first kappa shape index (κ1) is 18.2. The van der Waals surface area contributed by atoms with E-state index in [1.165, 1.54) is 0 Å². The van der Waals surface area contributed by atoms with Gasteiger partial charge in [-0.05, 0) is 53.1 Å². The van der Waals surface area contributed by atoms with Gasteiger partial charge in [0, 0.05) is 24.2 Å². The number of ether oxygens (including phenoxy) is 2. The Balaban J connectivity index is 1.35. The Labute approximate surface area is 173 Å². The summed E-state index contributed by atoms with van der Waals surface area (Å²) < 4.78 is 11.4. The molecule has 0 radical (unpaired) electrons. The fraction of sp³-hybridized carbons (Fsp3) is 0.174. The summed E-state index contributed by atoms with van der Waals surface area (Å²) >= 11 is 0. The Kier molecular flexibility index (Phi) is 4.77. The smallest absolute Gasteiger partial charge is 0.230 e.